The van der Waals surface area contributed by atoms with Gasteiger partial charge in [0, 0.05) is 47.9 Å². The van der Waals surface area contributed by atoms with E-state index in [0.717, 1.165) is 16.6 Å². The van der Waals surface area contributed by atoms with Gasteiger partial charge in [-0.15, -0.1) is 0 Å². The van der Waals surface area contributed by atoms with Crippen molar-refractivity contribution in [2.24, 2.45) is 0 Å². The molecular formula is C26H24FN3O3. The Labute approximate surface area is 190 Å². The highest BCUT2D eigenvalue weighted by Crippen LogP contribution is 2.23. The Balaban J connectivity index is 1.48. The lowest BCUT2D eigenvalue weighted by Gasteiger charge is -2.14. The number of rotatable bonds is 8. The van der Waals surface area contributed by atoms with E-state index in [0.29, 0.717) is 29.8 Å². The molecule has 4 rings (SSSR count). The monoisotopic (exact) mass is 445 g/mol. The number of carbonyl (C=O) groups excluding carboxylic acids is 1. The summed E-state index contributed by atoms with van der Waals surface area (Å²) >= 11 is 0. The third-order valence-electron chi connectivity index (χ3n) is 5.38. The molecule has 0 radical (unpaired) electrons. The van der Waals surface area contributed by atoms with Crippen molar-refractivity contribution in [3.63, 3.8) is 0 Å². The van der Waals surface area contributed by atoms with E-state index < -0.39 is 0 Å². The van der Waals surface area contributed by atoms with Gasteiger partial charge in [0.2, 0.25) is 0 Å². The summed E-state index contributed by atoms with van der Waals surface area (Å²) in [6.45, 7) is 2.25. The van der Waals surface area contributed by atoms with Crippen LogP contribution >= 0.6 is 0 Å². The van der Waals surface area contributed by atoms with Crippen LogP contribution in [-0.2, 0) is 17.8 Å². The summed E-state index contributed by atoms with van der Waals surface area (Å²) in [6.07, 6.45) is 2.34. The van der Waals surface area contributed by atoms with Crippen molar-refractivity contribution in [1.82, 2.24) is 14.9 Å². The number of halogens is 1. The Kier molecular flexibility index (Phi) is 6.78. The van der Waals surface area contributed by atoms with Crippen LogP contribution in [0.5, 0.6) is 5.75 Å². The molecule has 168 valence electrons. The number of hydrogen-bond donors (Lipinski definition) is 1. The molecular weight excluding hydrogens is 421 g/mol. The van der Waals surface area contributed by atoms with Crippen molar-refractivity contribution in [1.29, 1.82) is 0 Å². The zero-order chi connectivity index (χ0) is 23.2. The minimum Gasteiger partial charge on any atom is -0.484 e. The van der Waals surface area contributed by atoms with Crippen LogP contribution in [0.1, 0.15) is 16.8 Å². The molecule has 0 fully saturated rings. The topological polar surface area (TPSA) is 73.2 Å². The molecule has 0 unspecified atom stereocenters. The molecule has 0 aliphatic heterocycles. The average Bonchev–Trinajstić information content (AvgIpc) is 2.82. The molecule has 0 aliphatic carbocycles. The Morgan fingerprint density at radius 2 is 1.91 bits per heavy atom. The predicted molar refractivity (Wildman–Crippen MR) is 125 cm³/mol. The van der Waals surface area contributed by atoms with Gasteiger partial charge in [0.05, 0.1) is 12.1 Å². The summed E-state index contributed by atoms with van der Waals surface area (Å²) in [6, 6.07) is 18.9. The third-order valence-corrected chi connectivity index (χ3v) is 5.38. The van der Waals surface area contributed by atoms with Gasteiger partial charge in [0.25, 0.3) is 11.5 Å². The van der Waals surface area contributed by atoms with E-state index in [9.17, 15) is 14.0 Å². The van der Waals surface area contributed by atoms with E-state index in [4.69, 9.17) is 4.74 Å². The highest BCUT2D eigenvalue weighted by Gasteiger charge is 2.11. The molecule has 0 bridgehead atoms. The standard InChI is InChI=1S/C26H24FN3O3/c1-18-14-26(32)30(16-19-6-2-3-8-23(19)27)24-15-21(9-10-22(18)24)33-17-25(31)29-13-11-20-7-4-5-12-28-20/h2-10,12,14-15H,11,13,16-17H2,1H3,(H,29,31). The molecule has 2 heterocycles. The van der Waals surface area contributed by atoms with Crippen LogP contribution < -0.4 is 15.6 Å². The summed E-state index contributed by atoms with van der Waals surface area (Å²) in [5.41, 5.74) is 2.53. The van der Waals surface area contributed by atoms with Gasteiger partial charge in [-0.3, -0.25) is 14.6 Å². The van der Waals surface area contributed by atoms with Crippen LogP contribution in [-0.4, -0.2) is 28.6 Å². The third kappa shape index (κ3) is 5.44. The summed E-state index contributed by atoms with van der Waals surface area (Å²) < 4.78 is 21.4. The number of aryl methyl sites for hydroxylation is 1. The largest absolute Gasteiger partial charge is 0.484 e. The Bertz CT molecular complexity index is 1340. The molecule has 0 saturated heterocycles. The first-order chi connectivity index (χ1) is 16.0. The first-order valence-electron chi connectivity index (χ1n) is 10.7. The van der Waals surface area contributed by atoms with E-state index in [2.05, 4.69) is 10.3 Å². The first kappa shape index (κ1) is 22.2. The van der Waals surface area contributed by atoms with E-state index in [1.165, 1.54) is 10.6 Å². The molecule has 2 aromatic heterocycles. The van der Waals surface area contributed by atoms with Gasteiger partial charge in [0.15, 0.2) is 6.61 Å². The van der Waals surface area contributed by atoms with Gasteiger partial charge >= 0.3 is 0 Å². The number of fused-ring (bicyclic) bond motifs is 1. The Morgan fingerprint density at radius 1 is 1.09 bits per heavy atom. The van der Waals surface area contributed by atoms with Crippen molar-refractivity contribution in [3.05, 3.63) is 106 Å². The lowest BCUT2D eigenvalue weighted by Crippen LogP contribution is -2.30. The minimum atomic E-state index is -0.368. The molecule has 6 nitrogen and oxygen atoms in total. The summed E-state index contributed by atoms with van der Waals surface area (Å²) in [4.78, 5) is 29.1. The maximum absolute atomic E-state index is 14.2. The van der Waals surface area contributed by atoms with Crippen molar-refractivity contribution in [3.8, 4) is 5.75 Å². The minimum absolute atomic E-state index is 0.0970. The van der Waals surface area contributed by atoms with Gasteiger partial charge in [-0.1, -0.05) is 24.3 Å². The van der Waals surface area contributed by atoms with Crippen LogP contribution in [0.15, 0.2) is 77.7 Å². The van der Waals surface area contributed by atoms with Crippen LogP contribution in [0.2, 0.25) is 0 Å². The van der Waals surface area contributed by atoms with Gasteiger partial charge in [0.1, 0.15) is 11.6 Å². The van der Waals surface area contributed by atoms with E-state index >= 15 is 0 Å². The number of carbonyl (C=O) groups is 1. The maximum Gasteiger partial charge on any atom is 0.257 e. The fourth-order valence-electron chi connectivity index (χ4n) is 3.65. The zero-order valence-electron chi connectivity index (χ0n) is 18.3. The number of aromatic nitrogens is 2. The van der Waals surface area contributed by atoms with Gasteiger partial charge in [-0.25, -0.2) is 4.39 Å². The van der Waals surface area contributed by atoms with Crippen LogP contribution in [0, 0.1) is 12.7 Å². The second-order valence-electron chi connectivity index (χ2n) is 7.73. The summed E-state index contributed by atoms with van der Waals surface area (Å²) in [7, 11) is 0. The fraction of sp³-hybridized carbons (Fsp3) is 0.192. The maximum atomic E-state index is 14.2. The van der Waals surface area contributed by atoms with Crippen molar-refractivity contribution < 1.29 is 13.9 Å². The Morgan fingerprint density at radius 3 is 2.70 bits per heavy atom. The number of ether oxygens (including phenoxy) is 1. The van der Waals surface area contributed by atoms with Gasteiger partial charge in [-0.05, 0) is 42.8 Å². The summed E-state index contributed by atoms with van der Waals surface area (Å²) in [5, 5.41) is 3.67. The lowest BCUT2D eigenvalue weighted by atomic mass is 10.1. The highest BCUT2D eigenvalue weighted by atomic mass is 19.1. The average molecular weight is 445 g/mol. The molecule has 0 saturated carbocycles. The SMILES string of the molecule is Cc1cc(=O)n(Cc2ccccc2F)c2cc(OCC(=O)NCCc3ccccn3)ccc12. The lowest BCUT2D eigenvalue weighted by molar-refractivity contribution is -0.123. The first-order valence-corrected chi connectivity index (χ1v) is 10.7. The molecule has 1 amide bonds. The summed E-state index contributed by atoms with van der Waals surface area (Å²) in [5.74, 6) is -0.165. The Hall–Kier alpha value is -4.00. The van der Waals surface area contributed by atoms with Crippen LogP contribution in [0.4, 0.5) is 4.39 Å². The van der Waals surface area contributed by atoms with Crippen molar-refractivity contribution in [2.75, 3.05) is 13.2 Å². The van der Waals surface area contributed by atoms with Gasteiger partial charge < -0.3 is 14.6 Å². The number of hydrogen-bond acceptors (Lipinski definition) is 4. The van der Waals surface area contributed by atoms with Crippen LogP contribution in [0.25, 0.3) is 10.9 Å². The molecule has 7 heteroatoms. The molecule has 0 atom stereocenters. The molecule has 0 aliphatic rings. The predicted octanol–water partition coefficient (Wildman–Crippen LogP) is 3.63. The number of nitrogens with one attached hydrogen (secondary N) is 1. The normalized spacial score (nSPS) is 10.8. The zero-order valence-corrected chi connectivity index (χ0v) is 18.3. The van der Waals surface area contributed by atoms with E-state index in [1.807, 2.05) is 31.2 Å². The second-order valence-corrected chi connectivity index (χ2v) is 7.73. The highest BCUT2D eigenvalue weighted by molar-refractivity contribution is 5.84. The molecule has 1 N–H and O–H groups in total. The molecule has 4 aromatic rings. The van der Waals surface area contributed by atoms with E-state index in [-0.39, 0.29) is 30.4 Å². The number of pyridine rings is 2. The number of benzene rings is 2. The van der Waals surface area contributed by atoms with Crippen molar-refractivity contribution in [2.45, 2.75) is 19.9 Å². The van der Waals surface area contributed by atoms with Crippen LogP contribution in [0.3, 0.4) is 0 Å². The molecule has 0 spiro atoms. The van der Waals surface area contributed by atoms with E-state index in [1.54, 1.807) is 42.6 Å². The fourth-order valence-corrected chi connectivity index (χ4v) is 3.65. The second kappa shape index (κ2) is 10.1. The van der Waals surface area contributed by atoms with Crippen molar-refractivity contribution >= 4 is 16.8 Å². The van der Waals surface area contributed by atoms with Gasteiger partial charge in [-0.2, -0.15) is 0 Å². The number of amides is 1. The molecule has 2 aromatic carbocycles. The number of nitrogens with zero attached hydrogens (tertiary/aromatic N) is 2. The molecule has 33 heavy (non-hydrogen) atoms. The smallest absolute Gasteiger partial charge is 0.257 e. The quantitative estimate of drug-likeness (QED) is 0.450.